The van der Waals surface area contributed by atoms with Crippen molar-refractivity contribution in [3.8, 4) is 0 Å². The van der Waals surface area contributed by atoms with Gasteiger partial charge in [0.1, 0.15) is 5.16 Å². The quantitative estimate of drug-likeness (QED) is 0.383. The van der Waals surface area contributed by atoms with Crippen molar-refractivity contribution in [3.63, 3.8) is 0 Å². The summed E-state index contributed by atoms with van der Waals surface area (Å²) in [6.07, 6.45) is 0.944. The van der Waals surface area contributed by atoms with Gasteiger partial charge in [-0.3, -0.25) is 0 Å². The Bertz CT molecular complexity index is 195. The molecule has 0 radical (unpaired) electrons. The molecule has 0 aromatic heterocycles. The van der Waals surface area contributed by atoms with Crippen LogP contribution in [-0.4, -0.2) is 23.5 Å². The number of hydrogen-bond donors (Lipinski definition) is 4. The predicted molar refractivity (Wildman–Crippen MR) is 50.2 cm³/mol. The fraction of sp³-hybridized carbons (Fsp3) is 0.571. The predicted octanol–water partition coefficient (Wildman–Crippen LogP) is 0.363. The number of halogens is 1. The molecule has 0 aliphatic rings. The Morgan fingerprint density at radius 2 is 2.25 bits per heavy atom. The van der Waals surface area contributed by atoms with Gasteiger partial charge in [-0.1, -0.05) is 11.6 Å². The van der Waals surface area contributed by atoms with Gasteiger partial charge in [-0.25, -0.2) is 0 Å². The van der Waals surface area contributed by atoms with Crippen LogP contribution in [0.25, 0.3) is 0 Å². The van der Waals surface area contributed by atoms with E-state index in [0.29, 0.717) is 6.54 Å². The summed E-state index contributed by atoms with van der Waals surface area (Å²) in [5, 5.41) is 18.9. The summed E-state index contributed by atoms with van der Waals surface area (Å²) in [6.45, 7) is 3.58. The maximum absolute atomic E-state index is 9.28. The minimum atomic E-state index is -0.845. The van der Waals surface area contributed by atoms with Gasteiger partial charge >= 0.3 is 0 Å². The van der Waals surface area contributed by atoms with Crippen molar-refractivity contribution < 1.29 is 5.11 Å². The third-order valence-corrected chi connectivity index (χ3v) is 1.44. The van der Waals surface area contributed by atoms with Gasteiger partial charge in [0.05, 0.1) is 11.3 Å². The number of aliphatic hydroxyl groups is 1. The van der Waals surface area contributed by atoms with Gasteiger partial charge in [0.2, 0.25) is 0 Å². The number of nitrogens with one attached hydrogen (secondary N) is 2. The minimum absolute atomic E-state index is 0.154. The van der Waals surface area contributed by atoms with Crippen LogP contribution in [0.15, 0.2) is 10.9 Å². The second kappa shape index (κ2) is 4.33. The van der Waals surface area contributed by atoms with Crippen LogP contribution in [-0.2, 0) is 0 Å². The van der Waals surface area contributed by atoms with Gasteiger partial charge in [0, 0.05) is 12.8 Å². The Morgan fingerprint density at radius 1 is 1.75 bits per heavy atom. The average Bonchev–Trinajstić information content (AvgIpc) is 1.97. The molecule has 0 rings (SSSR count). The van der Waals surface area contributed by atoms with E-state index in [4.69, 9.17) is 22.7 Å². The maximum atomic E-state index is 9.28. The third kappa shape index (κ3) is 4.98. The summed E-state index contributed by atoms with van der Waals surface area (Å²) < 4.78 is 0. The van der Waals surface area contributed by atoms with Gasteiger partial charge in [0.15, 0.2) is 0 Å². The number of allylic oxidation sites excluding steroid dienone is 1. The fourth-order valence-electron chi connectivity index (χ4n) is 0.459. The highest BCUT2D eigenvalue weighted by Gasteiger charge is 2.12. The van der Waals surface area contributed by atoms with Gasteiger partial charge in [-0.2, -0.15) is 0 Å². The van der Waals surface area contributed by atoms with Gasteiger partial charge in [-0.15, -0.1) is 0 Å². The first kappa shape index (κ1) is 11.3. The first-order valence-corrected chi connectivity index (χ1v) is 3.86. The smallest absolute Gasteiger partial charge is 0.127 e. The van der Waals surface area contributed by atoms with E-state index in [9.17, 15) is 5.11 Å². The molecule has 5 heteroatoms. The Balaban J connectivity index is 4.03. The highest BCUT2D eigenvalue weighted by Crippen LogP contribution is 2.03. The fourth-order valence-corrected chi connectivity index (χ4v) is 0.581. The largest absolute Gasteiger partial charge is 0.395 e. The lowest BCUT2D eigenvalue weighted by Crippen LogP contribution is -2.34. The van der Waals surface area contributed by atoms with E-state index in [1.54, 1.807) is 13.8 Å². The lowest BCUT2D eigenvalue weighted by atomic mass is 10.1. The summed E-state index contributed by atoms with van der Waals surface area (Å²) in [4.78, 5) is 0. The molecule has 5 N–H and O–H groups in total. The van der Waals surface area contributed by atoms with Gasteiger partial charge in [0.25, 0.3) is 0 Å². The zero-order valence-electron chi connectivity index (χ0n) is 7.19. The van der Waals surface area contributed by atoms with Crippen molar-refractivity contribution in [2.45, 2.75) is 19.4 Å². The molecule has 12 heavy (non-hydrogen) atoms. The topological polar surface area (TPSA) is 82.1 Å². The van der Waals surface area contributed by atoms with E-state index in [1.165, 1.54) is 0 Å². The van der Waals surface area contributed by atoms with Crippen LogP contribution < -0.4 is 11.1 Å². The van der Waals surface area contributed by atoms with E-state index >= 15 is 0 Å². The zero-order valence-corrected chi connectivity index (χ0v) is 7.94. The van der Waals surface area contributed by atoms with E-state index in [1.807, 2.05) is 0 Å². The van der Waals surface area contributed by atoms with Crippen LogP contribution in [0.4, 0.5) is 0 Å². The molecule has 0 amide bonds. The summed E-state index contributed by atoms with van der Waals surface area (Å²) in [6, 6.07) is 0. The van der Waals surface area contributed by atoms with Crippen molar-refractivity contribution in [3.05, 3.63) is 10.9 Å². The van der Waals surface area contributed by atoms with Crippen LogP contribution in [0.2, 0.25) is 0 Å². The lowest BCUT2D eigenvalue weighted by molar-refractivity contribution is 0.0831. The Hall–Kier alpha value is -0.740. The SMILES string of the molecule is CC(C)(O)CN/C(Cl)=C(/N)C=N. The van der Waals surface area contributed by atoms with Gasteiger partial charge < -0.3 is 21.6 Å². The Morgan fingerprint density at radius 3 is 2.58 bits per heavy atom. The summed E-state index contributed by atoms with van der Waals surface area (Å²) in [5.41, 5.74) is 4.62. The molecule has 0 fully saturated rings. The molecule has 0 bridgehead atoms. The summed E-state index contributed by atoms with van der Waals surface area (Å²) >= 11 is 5.62. The van der Waals surface area contributed by atoms with Crippen LogP contribution in [0, 0.1) is 5.41 Å². The van der Waals surface area contributed by atoms with Crippen molar-refractivity contribution in [2.75, 3.05) is 6.54 Å². The average molecular weight is 192 g/mol. The number of hydrogen-bond acceptors (Lipinski definition) is 4. The molecule has 0 aromatic carbocycles. The normalized spacial score (nSPS) is 13.7. The first-order valence-electron chi connectivity index (χ1n) is 3.49. The summed E-state index contributed by atoms with van der Waals surface area (Å²) in [7, 11) is 0. The Labute approximate surface area is 76.9 Å². The van der Waals surface area contributed by atoms with Crippen molar-refractivity contribution in [1.82, 2.24) is 5.32 Å². The lowest BCUT2D eigenvalue weighted by Gasteiger charge is -2.18. The molecule has 70 valence electrons. The monoisotopic (exact) mass is 191 g/mol. The number of rotatable bonds is 4. The van der Waals surface area contributed by atoms with Crippen molar-refractivity contribution in [1.29, 1.82) is 5.41 Å². The molecule has 0 atom stereocenters. The first-order chi connectivity index (χ1) is 5.37. The van der Waals surface area contributed by atoms with Crippen LogP contribution >= 0.6 is 11.6 Å². The second-order valence-electron chi connectivity index (χ2n) is 3.08. The second-order valence-corrected chi connectivity index (χ2v) is 3.46. The van der Waals surface area contributed by atoms with E-state index in [2.05, 4.69) is 5.32 Å². The molecule has 0 unspecified atom stereocenters. The van der Waals surface area contributed by atoms with Crippen molar-refractivity contribution in [2.24, 2.45) is 5.73 Å². The highest BCUT2D eigenvalue weighted by atomic mass is 35.5. The molecule has 0 spiro atoms. The Kier molecular flexibility index (Phi) is 4.06. The molecule has 0 aliphatic heterocycles. The molecular formula is C7H14ClN3O. The zero-order chi connectivity index (χ0) is 9.78. The highest BCUT2D eigenvalue weighted by molar-refractivity contribution is 6.30. The standard InChI is InChI=1S/C7H14ClN3O/c1-7(2,12)4-11-6(8)5(10)3-9/h3,9,11-12H,4,10H2,1-2H3/b6-5+,9-3?. The van der Waals surface area contributed by atoms with E-state index < -0.39 is 5.60 Å². The molecule has 0 heterocycles. The van der Waals surface area contributed by atoms with Gasteiger partial charge in [-0.05, 0) is 13.8 Å². The van der Waals surface area contributed by atoms with E-state index in [-0.39, 0.29) is 10.9 Å². The molecule has 0 aromatic rings. The van der Waals surface area contributed by atoms with Crippen LogP contribution in [0.5, 0.6) is 0 Å². The van der Waals surface area contributed by atoms with Crippen molar-refractivity contribution >= 4 is 17.8 Å². The molecule has 0 saturated carbocycles. The number of nitrogens with two attached hydrogens (primary N) is 1. The maximum Gasteiger partial charge on any atom is 0.127 e. The summed E-state index contributed by atoms with van der Waals surface area (Å²) in [5.74, 6) is 0. The van der Waals surface area contributed by atoms with Crippen LogP contribution in [0.1, 0.15) is 13.8 Å². The minimum Gasteiger partial charge on any atom is -0.395 e. The molecule has 0 aliphatic carbocycles. The van der Waals surface area contributed by atoms with E-state index in [0.717, 1.165) is 6.21 Å². The molecule has 4 nitrogen and oxygen atoms in total. The molecule has 0 saturated heterocycles. The molecular weight excluding hydrogens is 178 g/mol. The third-order valence-electron chi connectivity index (χ3n) is 1.09. The van der Waals surface area contributed by atoms with Crippen LogP contribution in [0.3, 0.4) is 0 Å².